The number of benzene rings is 3. The fourth-order valence-corrected chi connectivity index (χ4v) is 3.89. The Labute approximate surface area is 210 Å². The molecule has 0 saturated heterocycles. The number of carbonyl (C=O) groups excluding carboxylic acids is 1. The van der Waals surface area contributed by atoms with E-state index in [1.54, 1.807) is 31.2 Å². The van der Waals surface area contributed by atoms with Gasteiger partial charge in [0.25, 0.3) is 5.91 Å². The summed E-state index contributed by atoms with van der Waals surface area (Å²) in [5.74, 6) is -1.93. The number of nitrogens with zero attached hydrogens (tertiary/aromatic N) is 2. The highest BCUT2D eigenvalue weighted by Gasteiger charge is 2.14. The van der Waals surface area contributed by atoms with Gasteiger partial charge in [-0.1, -0.05) is 30.3 Å². The topological polar surface area (TPSA) is 105 Å². The van der Waals surface area contributed by atoms with Crippen LogP contribution in [0.5, 0.6) is 0 Å². The van der Waals surface area contributed by atoms with E-state index in [-0.39, 0.29) is 25.3 Å². The van der Waals surface area contributed by atoms with Gasteiger partial charge >= 0.3 is 5.97 Å². The lowest BCUT2D eigenvalue weighted by Crippen LogP contribution is -2.22. The second kappa shape index (κ2) is 12.2. The number of amidine groups is 1. The van der Waals surface area contributed by atoms with Crippen LogP contribution in [0.25, 0.3) is 11.1 Å². The second-order valence-corrected chi connectivity index (χ2v) is 8.61. The first-order chi connectivity index (χ1) is 17.2. The van der Waals surface area contributed by atoms with Crippen molar-refractivity contribution < 1.29 is 23.8 Å². The molecule has 3 aromatic carbocycles. The van der Waals surface area contributed by atoms with Crippen LogP contribution >= 0.6 is 0 Å². The van der Waals surface area contributed by atoms with Gasteiger partial charge in [-0.2, -0.15) is 4.99 Å². The van der Waals surface area contributed by atoms with Crippen molar-refractivity contribution in [3.8, 4) is 11.1 Å². The highest BCUT2D eigenvalue weighted by atomic mass is 19.1. The maximum Gasteiger partial charge on any atom is 0.304 e. The lowest BCUT2D eigenvalue weighted by molar-refractivity contribution is -0.137. The van der Waals surface area contributed by atoms with Crippen molar-refractivity contribution in [1.29, 1.82) is 0 Å². The fourth-order valence-electron chi connectivity index (χ4n) is 3.89. The normalized spacial score (nSPS) is 11.6. The molecule has 0 unspecified atom stereocenters. The molecule has 0 bridgehead atoms. The van der Waals surface area contributed by atoms with Crippen molar-refractivity contribution in [2.75, 3.05) is 20.7 Å². The van der Waals surface area contributed by atoms with E-state index in [2.05, 4.69) is 4.99 Å². The molecule has 0 atom stereocenters. The molecule has 7 nitrogen and oxygen atoms in total. The largest absolute Gasteiger partial charge is 0.481 e. The fraction of sp³-hybridized carbons (Fsp3) is 0.250. The Morgan fingerprint density at radius 2 is 1.72 bits per heavy atom. The van der Waals surface area contributed by atoms with Gasteiger partial charge in [-0.25, -0.2) is 4.39 Å². The summed E-state index contributed by atoms with van der Waals surface area (Å²) in [5, 5.41) is 8.84. The van der Waals surface area contributed by atoms with Crippen molar-refractivity contribution in [1.82, 2.24) is 4.90 Å². The molecule has 0 saturated carbocycles. The zero-order valence-electron chi connectivity index (χ0n) is 20.6. The van der Waals surface area contributed by atoms with Gasteiger partial charge in [0.2, 0.25) is 0 Å². The molecule has 0 radical (unpaired) electrons. The highest BCUT2D eigenvalue weighted by molar-refractivity contribution is 6.09. The number of aryl methyl sites for hydroxylation is 1. The number of methoxy groups -OCH3 is 1. The molecule has 1 amide bonds. The van der Waals surface area contributed by atoms with Crippen LogP contribution in [-0.4, -0.2) is 48.4 Å². The molecule has 0 aliphatic carbocycles. The number of carboxylic acid groups (broad SMARTS) is 1. The van der Waals surface area contributed by atoms with Crippen LogP contribution in [0.3, 0.4) is 0 Å². The van der Waals surface area contributed by atoms with E-state index in [4.69, 9.17) is 15.6 Å². The van der Waals surface area contributed by atoms with Gasteiger partial charge in [-0.3, -0.25) is 9.59 Å². The number of nitrogens with two attached hydrogens (primary N) is 1. The summed E-state index contributed by atoms with van der Waals surface area (Å²) in [6, 6.07) is 17.5. The molecule has 0 aliphatic heterocycles. The van der Waals surface area contributed by atoms with Gasteiger partial charge in [0.05, 0.1) is 13.0 Å². The average molecular weight is 492 g/mol. The molecule has 0 spiro atoms. The smallest absolute Gasteiger partial charge is 0.304 e. The third-order valence-corrected chi connectivity index (χ3v) is 5.80. The zero-order valence-corrected chi connectivity index (χ0v) is 20.6. The minimum atomic E-state index is -0.924. The predicted molar refractivity (Wildman–Crippen MR) is 137 cm³/mol. The van der Waals surface area contributed by atoms with Gasteiger partial charge < -0.3 is 20.5 Å². The Balaban J connectivity index is 1.85. The van der Waals surface area contributed by atoms with Crippen molar-refractivity contribution >= 4 is 17.7 Å². The Kier molecular flexibility index (Phi) is 9.05. The minimum absolute atomic E-state index is 0.0364. The number of ether oxygens (including phenoxy) is 1. The minimum Gasteiger partial charge on any atom is -0.481 e. The van der Waals surface area contributed by atoms with Crippen LogP contribution in [0.4, 0.5) is 4.39 Å². The van der Waals surface area contributed by atoms with Gasteiger partial charge in [-0.05, 0) is 66.6 Å². The molecular weight excluding hydrogens is 461 g/mol. The van der Waals surface area contributed by atoms with E-state index in [0.29, 0.717) is 23.3 Å². The lowest BCUT2D eigenvalue weighted by atomic mass is 9.94. The second-order valence-electron chi connectivity index (χ2n) is 8.61. The molecule has 3 N–H and O–H groups in total. The number of hydrogen-bond acceptors (Lipinski definition) is 4. The number of aliphatic carboxylic acids is 1. The number of carbonyl (C=O) groups is 2. The number of carboxylic acids is 1. The number of amides is 1. The summed E-state index contributed by atoms with van der Waals surface area (Å²) in [7, 11) is 3.30. The molecule has 0 aromatic heterocycles. The van der Waals surface area contributed by atoms with Crippen LogP contribution in [0, 0.1) is 12.7 Å². The average Bonchev–Trinajstić information content (AvgIpc) is 2.84. The van der Waals surface area contributed by atoms with E-state index >= 15 is 0 Å². The standard InChI is InChI=1S/C28H30FN3O4/c1-18-6-4-5-7-23(18)24-10-8-20(15-22(24)17-36-3)28(35)31-27(30)19-9-11-25(29)21(14-19)16-32(2)13-12-26(33)34/h4-11,14-15H,12-13,16-17H2,1-3H3,(H,33,34)(H2,30,31,35). The first kappa shape index (κ1) is 26.7. The van der Waals surface area contributed by atoms with Gasteiger partial charge in [-0.15, -0.1) is 0 Å². The molecule has 0 heterocycles. The third-order valence-electron chi connectivity index (χ3n) is 5.80. The van der Waals surface area contributed by atoms with E-state index in [9.17, 15) is 14.0 Å². The van der Waals surface area contributed by atoms with Crippen LogP contribution in [0.2, 0.25) is 0 Å². The first-order valence-electron chi connectivity index (χ1n) is 11.4. The Hall–Kier alpha value is -3.88. The predicted octanol–water partition coefficient (Wildman–Crippen LogP) is 4.40. The van der Waals surface area contributed by atoms with Crippen molar-refractivity contribution in [2.45, 2.75) is 26.5 Å². The van der Waals surface area contributed by atoms with E-state index in [1.807, 2.05) is 37.3 Å². The van der Waals surface area contributed by atoms with Gasteiger partial charge in [0.15, 0.2) is 0 Å². The summed E-state index contributed by atoms with van der Waals surface area (Å²) in [6.07, 6.45) is -0.0520. The third kappa shape index (κ3) is 6.84. The van der Waals surface area contributed by atoms with Crippen molar-refractivity contribution in [2.24, 2.45) is 10.7 Å². The summed E-state index contributed by atoms with van der Waals surface area (Å²) in [6.45, 7) is 2.80. The summed E-state index contributed by atoms with van der Waals surface area (Å²) in [5.41, 5.74) is 11.2. The maximum atomic E-state index is 14.3. The van der Waals surface area contributed by atoms with Crippen molar-refractivity contribution in [3.05, 3.63) is 94.3 Å². The van der Waals surface area contributed by atoms with Gasteiger partial charge in [0.1, 0.15) is 11.7 Å². The monoisotopic (exact) mass is 491 g/mol. The molecular formula is C28H30FN3O4. The SMILES string of the molecule is COCc1cc(C(=O)N=C(N)c2ccc(F)c(CN(C)CCC(=O)O)c2)ccc1-c1ccccc1C. The summed E-state index contributed by atoms with van der Waals surface area (Å²) in [4.78, 5) is 29.5. The van der Waals surface area contributed by atoms with Crippen LogP contribution in [0.1, 0.15) is 39.0 Å². The molecule has 3 aromatic rings. The molecule has 0 aliphatic rings. The van der Waals surface area contributed by atoms with Crippen LogP contribution in [-0.2, 0) is 22.7 Å². The van der Waals surface area contributed by atoms with E-state index in [0.717, 1.165) is 22.3 Å². The number of aliphatic imine (C=N–C) groups is 1. The summed E-state index contributed by atoms with van der Waals surface area (Å²) >= 11 is 0. The van der Waals surface area contributed by atoms with Crippen molar-refractivity contribution in [3.63, 3.8) is 0 Å². The Morgan fingerprint density at radius 1 is 1.03 bits per heavy atom. The quantitative estimate of drug-likeness (QED) is 0.322. The number of halogens is 1. The number of hydrogen-bond donors (Lipinski definition) is 2. The number of rotatable bonds is 10. The Bertz CT molecular complexity index is 1290. The molecule has 8 heteroatoms. The molecule has 36 heavy (non-hydrogen) atoms. The molecule has 3 rings (SSSR count). The summed E-state index contributed by atoms with van der Waals surface area (Å²) < 4.78 is 19.7. The molecule has 188 valence electrons. The van der Waals surface area contributed by atoms with Crippen LogP contribution < -0.4 is 5.73 Å². The maximum absolute atomic E-state index is 14.3. The Morgan fingerprint density at radius 3 is 2.42 bits per heavy atom. The lowest BCUT2D eigenvalue weighted by Gasteiger charge is -2.16. The van der Waals surface area contributed by atoms with Gasteiger partial charge in [0, 0.05) is 36.9 Å². The van der Waals surface area contributed by atoms with E-state index < -0.39 is 17.7 Å². The zero-order chi connectivity index (χ0) is 26.2. The molecule has 0 fully saturated rings. The first-order valence-corrected chi connectivity index (χ1v) is 11.4. The van der Waals surface area contributed by atoms with Crippen LogP contribution in [0.15, 0.2) is 65.7 Å². The van der Waals surface area contributed by atoms with E-state index in [1.165, 1.54) is 18.2 Å². The highest BCUT2D eigenvalue weighted by Crippen LogP contribution is 2.28.